The summed E-state index contributed by atoms with van der Waals surface area (Å²) in [7, 11) is -3.61. The normalized spacial score (nSPS) is 20.0. The van der Waals surface area contributed by atoms with Crippen molar-refractivity contribution >= 4 is 44.9 Å². The molecule has 3 amide bonds. The highest BCUT2D eigenvalue weighted by atomic mass is 32.2. The van der Waals surface area contributed by atoms with Gasteiger partial charge in [-0.15, -0.1) is 0 Å². The molecule has 0 aliphatic carbocycles. The smallest absolute Gasteiger partial charge is 0.293 e. The van der Waals surface area contributed by atoms with Crippen LogP contribution in [0.4, 0.5) is 4.79 Å². The minimum Gasteiger partial charge on any atom is -0.353 e. The molecule has 2 aromatic carbocycles. The van der Waals surface area contributed by atoms with Crippen LogP contribution >= 0.6 is 11.8 Å². The van der Waals surface area contributed by atoms with Crippen LogP contribution in [0.3, 0.4) is 0 Å². The lowest BCUT2D eigenvalue weighted by Crippen LogP contribution is -2.53. The number of nitrogens with one attached hydrogen (secondary N) is 1. The number of thioether (sulfide) groups is 1. The van der Waals surface area contributed by atoms with Gasteiger partial charge in [-0.2, -0.15) is 4.31 Å². The summed E-state index contributed by atoms with van der Waals surface area (Å²) in [4.78, 5) is 39.4. The first-order valence-corrected chi connectivity index (χ1v) is 13.4. The lowest BCUT2D eigenvalue weighted by molar-refractivity contribution is -0.126. The summed E-state index contributed by atoms with van der Waals surface area (Å²) >= 11 is 0.861. The molecule has 2 aromatic rings. The number of hydrogen-bond acceptors (Lipinski definition) is 6. The molecule has 1 atom stereocenters. The fraction of sp³-hybridized carbons (Fsp3) is 0.292. The molecule has 0 saturated carbocycles. The van der Waals surface area contributed by atoms with E-state index in [1.54, 1.807) is 13.0 Å². The fourth-order valence-corrected chi connectivity index (χ4v) is 6.07. The Bertz CT molecular complexity index is 1240. The van der Waals surface area contributed by atoms with Gasteiger partial charge in [0.15, 0.2) is 0 Å². The first kappa shape index (κ1) is 24.2. The molecule has 0 bridgehead atoms. The van der Waals surface area contributed by atoms with E-state index in [0.29, 0.717) is 4.91 Å². The predicted octanol–water partition coefficient (Wildman–Crippen LogP) is 2.62. The molecule has 2 aliphatic heterocycles. The highest BCUT2D eigenvalue weighted by Gasteiger charge is 2.38. The molecule has 1 unspecified atom stereocenters. The molecule has 1 N–H and O–H groups in total. The number of hydrogen-bond donors (Lipinski definition) is 1. The van der Waals surface area contributed by atoms with E-state index in [0.717, 1.165) is 33.4 Å². The van der Waals surface area contributed by atoms with E-state index >= 15 is 0 Å². The number of sulfonamides is 1. The van der Waals surface area contributed by atoms with Gasteiger partial charge in [-0.25, -0.2) is 8.42 Å². The van der Waals surface area contributed by atoms with Crippen LogP contribution in [0, 0.1) is 0 Å². The lowest BCUT2D eigenvalue weighted by atomic mass is 9.95. The van der Waals surface area contributed by atoms with Gasteiger partial charge in [0.05, 0.1) is 10.7 Å². The molecular formula is C24H25N3O5S2. The number of carbonyl (C=O) groups excluding carboxylic acids is 3. The molecular weight excluding hydrogens is 474 g/mol. The van der Waals surface area contributed by atoms with Gasteiger partial charge in [-0.1, -0.05) is 54.6 Å². The van der Waals surface area contributed by atoms with Crippen molar-refractivity contribution in [3.63, 3.8) is 0 Å². The van der Waals surface area contributed by atoms with Crippen molar-refractivity contribution in [1.82, 2.24) is 14.5 Å². The van der Waals surface area contributed by atoms with Crippen molar-refractivity contribution < 1.29 is 22.8 Å². The first-order chi connectivity index (χ1) is 16.3. The summed E-state index contributed by atoms with van der Waals surface area (Å²) < 4.78 is 26.6. The average Bonchev–Trinajstić information content (AvgIpc) is 3.11. The summed E-state index contributed by atoms with van der Waals surface area (Å²) in [5.41, 5.74) is 2.63. The zero-order valence-corrected chi connectivity index (χ0v) is 20.3. The van der Waals surface area contributed by atoms with Crippen molar-refractivity contribution in [2.45, 2.75) is 25.9 Å². The number of carbonyl (C=O) groups is 3. The molecule has 178 valence electrons. The molecule has 4 rings (SSSR count). The molecule has 2 heterocycles. The third-order valence-corrected chi connectivity index (χ3v) is 8.57. The molecule has 10 heteroatoms. The number of imide groups is 1. The van der Waals surface area contributed by atoms with Crippen LogP contribution in [0.2, 0.25) is 0 Å². The highest BCUT2D eigenvalue weighted by molar-refractivity contribution is 8.18. The third-order valence-electron chi connectivity index (χ3n) is 5.84. The summed E-state index contributed by atoms with van der Waals surface area (Å²) in [6.07, 6.45) is 1.93. The van der Waals surface area contributed by atoms with Crippen LogP contribution in [-0.4, -0.2) is 59.6 Å². The molecule has 2 aliphatic rings. The van der Waals surface area contributed by atoms with E-state index in [4.69, 9.17) is 0 Å². The van der Waals surface area contributed by atoms with E-state index in [1.807, 2.05) is 54.6 Å². The highest BCUT2D eigenvalue weighted by Crippen LogP contribution is 2.32. The quantitative estimate of drug-likeness (QED) is 0.588. The zero-order chi connectivity index (χ0) is 24.3. The van der Waals surface area contributed by atoms with Gasteiger partial charge < -0.3 is 5.32 Å². The van der Waals surface area contributed by atoms with Crippen molar-refractivity contribution in [3.05, 3.63) is 76.2 Å². The summed E-state index contributed by atoms with van der Waals surface area (Å²) in [6.45, 7) is 1.73. The van der Waals surface area contributed by atoms with Crippen LogP contribution in [0.15, 0.2) is 59.5 Å². The molecule has 1 saturated heterocycles. The van der Waals surface area contributed by atoms with Gasteiger partial charge in [-0.3, -0.25) is 19.3 Å². The first-order valence-electron chi connectivity index (χ1n) is 10.9. The molecule has 34 heavy (non-hydrogen) atoms. The zero-order valence-electron chi connectivity index (χ0n) is 18.6. The van der Waals surface area contributed by atoms with Gasteiger partial charge in [0.1, 0.15) is 6.04 Å². The maximum atomic E-state index is 13.0. The Morgan fingerprint density at radius 3 is 2.47 bits per heavy atom. The Kier molecular flexibility index (Phi) is 7.20. The second kappa shape index (κ2) is 10.1. The van der Waals surface area contributed by atoms with Crippen molar-refractivity contribution in [2.24, 2.45) is 0 Å². The summed E-state index contributed by atoms with van der Waals surface area (Å²) in [6, 6.07) is 15.8. The molecule has 1 fully saturated rings. The Morgan fingerprint density at radius 1 is 1.09 bits per heavy atom. The molecule has 8 nitrogen and oxygen atoms in total. The van der Waals surface area contributed by atoms with E-state index in [1.165, 1.54) is 4.31 Å². The van der Waals surface area contributed by atoms with Crippen molar-refractivity contribution in [1.29, 1.82) is 0 Å². The third kappa shape index (κ3) is 5.08. The van der Waals surface area contributed by atoms with Gasteiger partial charge in [0.25, 0.3) is 11.1 Å². The topological polar surface area (TPSA) is 104 Å². The second-order valence-electron chi connectivity index (χ2n) is 7.97. The molecule has 0 radical (unpaired) electrons. The van der Waals surface area contributed by atoms with Gasteiger partial charge in [0.2, 0.25) is 15.9 Å². The minimum atomic E-state index is -3.61. The van der Waals surface area contributed by atoms with Gasteiger partial charge >= 0.3 is 0 Å². The maximum absolute atomic E-state index is 13.0. The van der Waals surface area contributed by atoms with Gasteiger partial charge in [-0.05, 0) is 47.9 Å². The van der Waals surface area contributed by atoms with E-state index in [-0.39, 0.29) is 31.8 Å². The SMILES string of the molecule is CCS(=O)(=O)N1Cc2ccccc2CC1C(=O)NCCN1C(=O)S/C(=C\c2ccccc2)C1=O. The second-order valence-corrected chi connectivity index (χ2v) is 11.2. The Hall–Kier alpha value is -2.95. The van der Waals surface area contributed by atoms with E-state index in [9.17, 15) is 22.8 Å². The maximum Gasteiger partial charge on any atom is 0.293 e. The van der Waals surface area contributed by atoms with E-state index < -0.39 is 33.1 Å². The molecule has 0 aromatic heterocycles. The van der Waals surface area contributed by atoms with Gasteiger partial charge in [0, 0.05) is 19.6 Å². The number of fused-ring (bicyclic) bond motifs is 1. The van der Waals surface area contributed by atoms with E-state index in [2.05, 4.69) is 5.32 Å². The lowest BCUT2D eigenvalue weighted by Gasteiger charge is -2.34. The Balaban J connectivity index is 1.41. The van der Waals surface area contributed by atoms with Crippen molar-refractivity contribution in [3.8, 4) is 0 Å². The van der Waals surface area contributed by atoms with Crippen LogP contribution in [0.5, 0.6) is 0 Å². The monoisotopic (exact) mass is 499 g/mol. The molecule has 0 spiro atoms. The summed E-state index contributed by atoms with van der Waals surface area (Å²) in [5.74, 6) is -0.961. The van der Waals surface area contributed by atoms with Crippen LogP contribution in [-0.2, 0) is 32.6 Å². The van der Waals surface area contributed by atoms with Crippen molar-refractivity contribution in [2.75, 3.05) is 18.8 Å². The number of amides is 3. The standard InChI is InChI=1S/C24H25N3O5S2/c1-2-34(31,32)27-16-19-11-7-6-10-18(19)15-20(27)22(28)25-12-13-26-23(29)21(33-24(26)30)14-17-8-4-3-5-9-17/h3-11,14,20H,2,12-13,15-16H2,1H3,(H,25,28)/b21-14-. The number of benzene rings is 2. The predicted molar refractivity (Wildman–Crippen MR) is 131 cm³/mol. The average molecular weight is 500 g/mol. The Morgan fingerprint density at radius 2 is 1.76 bits per heavy atom. The number of rotatable bonds is 7. The fourth-order valence-electron chi connectivity index (χ4n) is 3.98. The van der Waals surface area contributed by atoms with Crippen LogP contribution in [0.1, 0.15) is 23.6 Å². The van der Waals surface area contributed by atoms with Crippen LogP contribution in [0.25, 0.3) is 6.08 Å². The number of nitrogens with zero attached hydrogens (tertiary/aromatic N) is 2. The Labute approximate surface area is 203 Å². The summed E-state index contributed by atoms with van der Waals surface area (Å²) in [5, 5.41) is 2.32. The largest absolute Gasteiger partial charge is 0.353 e. The minimum absolute atomic E-state index is 0.00632. The van der Waals surface area contributed by atoms with Crippen LogP contribution < -0.4 is 5.32 Å².